The Morgan fingerprint density at radius 1 is 0.611 bits per heavy atom. The summed E-state index contributed by atoms with van der Waals surface area (Å²) < 4.78 is 2.66. The van der Waals surface area contributed by atoms with E-state index in [-0.39, 0.29) is 18.2 Å². The van der Waals surface area contributed by atoms with E-state index in [9.17, 15) is 0 Å². The molecule has 8 aromatic rings. The van der Waals surface area contributed by atoms with Crippen molar-refractivity contribution >= 4 is 59.5 Å². The summed E-state index contributed by atoms with van der Waals surface area (Å²) in [6.07, 6.45) is 7.69. The van der Waals surface area contributed by atoms with Crippen molar-refractivity contribution < 1.29 is 0 Å². The second-order valence-electron chi connectivity index (χ2n) is 14.0. The van der Waals surface area contributed by atoms with Crippen molar-refractivity contribution in [3.05, 3.63) is 216 Å². The van der Waals surface area contributed by atoms with Gasteiger partial charge in [-0.1, -0.05) is 152 Å². The molecule has 4 nitrogen and oxygen atoms in total. The number of hydrogen-bond acceptors (Lipinski definition) is 5. The summed E-state index contributed by atoms with van der Waals surface area (Å²) in [7, 11) is 0. The first kappa shape index (κ1) is 32.4. The van der Waals surface area contributed by atoms with E-state index < -0.39 is 0 Å². The molecule has 10 rings (SSSR count). The third kappa shape index (κ3) is 5.88. The van der Waals surface area contributed by atoms with E-state index in [0.717, 1.165) is 34.8 Å². The number of benzene rings is 7. The van der Waals surface area contributed by atoms with Crippen molar-refractivity contribution in [3.63, 3.8) is 0 Å². The van der Waals surface area contributed by atoms with Gasteiger partial charge in [-0.05, 0) is 64.7 Å². The molecule has 1 aromatic heterocycles. The Balaban J connectivity index is 1.07. The minimum atomic E-state index is -0.196. The van der Waals surface area contributed by atoms with Gasteiger partial charge in [0.1, 0.15) is 18.2 Å². The molecule has 0 saturated carbocycles. The topological polar surface area (TPSA) is 39.7 Å². The van der Waals surface area contributed by atoms with Gasteiger partial charge >= 0.3 is 0 Å². The second-order valence-corrected chi connectivity index (χ2v) is 15.0. The van der Waals surface area contributed by atoms with Gasteiger partial charge in [-0.3, -0.25) is 5.32 Å². The van der Waals surface area contributed by atoms with E-state index in [2.05, 4.69) is 204 Å². The Morgan fingerprint density at radius 3 is 1.96 bits per heavy atom. The van der Waals surface area contributed by atoms with Gasteiger partial charge in [0, 0.05) is 54.3 Å². The molecule has 3 atom stereocenters. The summed E-state index contributed by atoms with van der Waals surface area (Å²) in [4.78, 5) is 7.55. The number of para-hydroxylation sites is 2. The van der Waals surface area contributed by atoms with Crippen molar-refractivity contribution in [1.82, 2.24) is 10.6 Å². The van der Waals surface area contributed by atoms with E-state index in [1.165, 1.54) is 47.8 Å². The first-order chi connectivity index (χ1) is 26.8. The van der Waals surface area contributed by atoms with Crippen LogP contribution < -0.4 is 15.5 Å². The van der Waals surface area contributed by atoms with Crippen molar-refractivity contribution in [2.24, 2.45) is 4.99 Å². The lowest BCUT2D eigenvalue weighted by Crippen LogP contribution is -2.45. The van der Waals surface area contributed by atoms with Gasteiger partial charge in [0.25, 0.3) is 0 Å². The molecular weight excluding hydrogens is 677 g/mol. The fraction of sp³-hybridized carbons (Fsp3) is 0.0816. The lowest BCUT2D eigenvalue weighted by molar-refractivity contribution is 0.411. The van der Waals surface area contributed by atoms with Crippen LogP contribution in [0.2, 0.25) is 0 Å². The molecule has 3 unspecified atom stereocenters. The standard InChI is InChI=1S/C49H38N4S/c1-5-16-34(17-6-1)47-50-48(35-18-7-2-8-19-35)52-49(51-47)43-32-36-20-13-14-25-40(36)44-42-27-15-26-41(45(42)54-46(43)44)33-28-30-39(31-29-33)53(37-21-9-3-10-22-37)38-23-11-4-12-24-38/h1-28,30-33,47,49,51H,29H2,(H,50,52). The minimum Gasteiger partial charge on any atom is -0.350 e. The molecule has 2 aliphatic rings. The van der Waals surface area contributed by atoms with Crippen LogP contribution in [-0.2, 0) is 0 Å². The van der Waals surface area contributed by atoms with Gasteiger partial charge in [-0.15, -0.1) is 11.3 Å². The van der Waals surface area contributed by atoms with Gasteiger partial charge < -0.3 is 10.2 Å². The van der Waals surface area contributed by atoms with Crippen molar-refractivity contribution in [3.8, 4) is 0 Å². The highest BCUT2D eigenvalue weighted by Crippen LogP contribution is 2.46. The minimum absolute atomic E-state index is 0.159. The molecular formula is C49H38N4S. The normalized spacial score (nSPS) is 18.3. The smallest absolute Gasteiger partial charge is 0.131 e. The van der Waals surface area contributed by atoms with Gasteiger partial charge in [0.15, 0.2) is 0 Å². The van der Waals surface area contributed by atoms with Gasteiger partial charge in [-0.2, -0.15) is 0 Å². The van der Waals surface area contributed by atoms with E-state index >= 15 is 0 Å². The van der Waals surface area contributed by atoms with Crippen LogP contribution in [-0.4, -0.2) is 5.84 Å². The van der Waals surface area contributed by atoms with Crippen molar-refractivity contribution in [2.75, 3.05) is 4.90 Å². The van der Waals surface area contributed by atoms with Gasteiger partial charge in [0.05, 0.1) is 0 Å². The Bertz CT molecular complexity index is 2660. The molecule has 0 fully saturated rings. The maximum Gasteiger partial charge on any atom is 0.131 e. The number of rotatable bonds is 7. The third-order valence-corrected chi connectivity index (χ3v) is 12.0. The molecule has 54 heavy (non-hydrogen) atoms. The quantitative estimate of drug-likeness (QED) is 0.173. The number of aliphatic imine (C=N–C) groups is 1. The Kier molecular flexibility index (Phi) is 8.36. The molecule has 5 heteroatoms. The predicted octanol–water partition coefficient (Wildman–Crippen LogP) is 12.3. The molecule has 0 bridgehead atoms. The zero-order valence-corrected chi connectivity index (χ0v) is 30.5. The summed E-state index contributed by atoms with van der Waals surface area (Å²) >= 11 is 1.93. The largest absolute Gasteiger partial charge is 0.350 e. The summed E-state index contributed by atoms with van der Waals surface area (Å²) in [5.41, 5.74) is 8.34. The van der Waals surface area contributed by atoms with Gasteiger partial charge in [0.2, 0.25) is 0 Å². The highest BCUT2D eigenvalue weighted by atomic mass is 32.1. The monoisotopic (exact) mass is 714 g/mol. The lowest BCUT2D eigenvalue weighted by Gasteiger charge is -2.32. The molecule has 1 aliphatic carbocycles. The SMILES string of the molecule is C1=CC(c2cccc3c2sc2c(C4NC(c5ccccc5)=NC(c5ccccc5)N4)cc4ccccc4c23)CC=C1N(c1ccccc1)c1ccccc1. The summed E-state index contributed by atoms with van der Waals surface area (Å²) in [6.45, 7) is 0. The van der Waals surface area contributed by atoms with Crippen molar-refractivity contribution in [1.29, 1.82) is 0 Å². The summed E-state index contributed by atoms with van der Waals surface area (Å²) in [5, 5.41) is 12.9. The Labute approximate surface area is 319 Å². The number of anilines is 2. The average Bonchev–Trinajstić information content (AvgIpc) is 3.65. The Morgan fingerprint density at radius 2 is 1.26 bits per heavy atom. The number of hydrogen-bond donors (Lipinski definition) is 2. The zero-order chi connectivity index (χ0) is 35.8. The van der Waals surface area contributed by atoms with Crippen LogP contribution in [0.1, 0.15) is 46.9 Å². The molecule has 0 saturated heterocycles. The number of amidine groups is 1. The number of allylic oxidation sites excluding steroid dienone is 3. The molecule has 0 amide bonds. The van der Waals surface area contributed by atoms with Crippen LogP contribution in [0.5, 0.6) is 0 Å². The first-order valence-electron chi connectivity index (χ1n) is 18.6. The fourth-order valence-corrected chi connectivity index (χ4v) is 9.51. The number of fused-ring (bicyclic) bond motifs is 5. The predicted molar refractivity (Wildman–Crippen MR) is 228 cm³/mol. The van der Waals surface area contributed by atoms with Crippen LogP contribution in [0.25, 0.3) is 30.9 Å². The second kappa shape index (κ2) is 13.9. The molecule has 2 heterocycles. The molecule has 260 valence electrons. The lowest BCUT2D eigenvalue weighted by atomic mass is 9.89. The summed E-state index contributed by atoms with van der Waals surface area (Å²) in [6, 6.07) is 60.5. The number of thiophene rings is 1. The van der Waals surface area contributed by atoms with Crippen LogP contribution >= 0.6 is 11.3 Å². The van der Waals surface area contributed by atoms with Crippen LogP contribution in [0.3, 0.4) is 0 Å². The van der Waals surface area contributed by atoms with Crippen LogP contribution in [0.4, 0.5) is 11.4 Å². The highest BCUT2D eigenvalue weighted by molar-refractivity contribution is 7.26. The molecule has 2 N–H and O–H groups in total. The number of nitrogens with one attached hydrogen (secondary N) is 2. The highest BCUT2D eigenvalue weighted by Gasteiger charge is 2.29. The molecule has 1 aliphatic heterocycles. The average molecular weight is 715 g/mol. The van der Waals surface area contributed by atoms with E-state index in [4.69, 9.17) is 4.99 Å². The fourth-order valence-electron chi connectivity index (χ4n) is 8.08. The maximum atomic E-state index is 5.20. The summed E-state index contributed by atoms with van der Waals surface area (Å²) in [5.74, 6) is 1.16. The van der Waals surface area contributed by atoms with Gasteiger partial charge in [-0.25, -0.2) is 4.99 Å². The number of nitrogens with zero attached hydrogens (tertiary/aromatic N) is 2. The maximum absolute atomic E-state index is 5.20. The Hall–Kier alpha value is -6.27. The molecule has 7 aromatic carbocycles. The third-order valence-electron chi connectivity index (χ3n) is 10.7. The molecule has 0 radical (unpaired) electrons. The van der Waals surface area contributed by atoms with Crippen molar-refractivity contribution in [2.45, 2.75) is 24.7 Å². The van der Waals surface area contributed by atoms with Crippen LogP contribution in [0, 0.1) is 0 Å². The molecule has 0 spiro atoms. The van der Waals surface area contributed by atoms with E-state index in [0.29, 0.717) is 0 Å². The van der Waals surface area contributed by atoms with Crippen LogP contribution in [0.15, 0.2) is 199 Å². The van der Waals surface area contributed by atoms with E-state index in [1.807, 2.05) is 11.3 Å². The van der Waals surface area contributed by atoms with E-state index in [1.54, 1.807) is 0 Å². The first-order valence-corrected chi connectivity index (χ1v) is 19.5. The zero-order valence-electron chi connectivity index (χ0n) is 29.6.